The number of hydrogen-bond acceptors (Lipinski definition) is 25. The zero-order chi connectivity index (χ0) is 67.8. The number of ether oxygens (including phenoxy) is 1. The molecule has 4 saturated heterocycles. The number of fused-ring (bicyclic) bond motifs is 2. The predicted octanol–water partition coefficient (Wildman–Crippen LogP) is -6.74. The van der Waals surface area contributed by atoms with E-state index in [0.717, 1.165) is 55.1 Å². The molecule has 0 aliphatic carbocycles. The number of carbonyl (C=O) groups is 8. The zero-order valence-electron chi connectivity index (χ0n) is 52.4. The molecule has 34 heteroatoms. The summed E-state index contributed by atoms with van der Waals surface area (Å²) in [6.45, 7) is 6.65. The number of carbonyl (C=O) groups excluding carboxylic acids is 8. The first-order valence-corrected chi connectivity index (χ1v) is 31.3. The normalized spacial score (nSPS) is 26.4. The van der Waals surface area contributed by atoms with E-state index in [1.165, 1.54) is 44.7 Å². The zero-order valence-corrected chi connectivity index (χ0v) is 55.2. The second kappa shape index (κ2) is 35.9. The molecule has 8 amide bonds. The second-order valence-electron chi connectivity index (χ2n) is 23.6. The van der Waals surface area contributed by atoms with E-state index in [1.54, 1.807) is 12.1 Å². The second-order valence-corrected chi connectivity index (χ2v) is 24.0. The molecule has 4 aliphatic heterocycles. The fraction of sp³-hybridized carbons (Fsp3) is 0.567. The number of anilines is 2. The number of piperazine rings is 1. The Morgan fingerprint density at radius 1 is 0.734 bits per heavy atom. The summed E-state index contributed by atoms with van der Waals surface area (Å²) in [6, 6.07) is 4.34. The van der Waals surface area contributed by atoms with Crippen molar-refractivity contribution in [2.75, 3.05) is 55.7 Å². The van der Waals surface area contributed by atoms with Gasteiger partial charge < -0.3 is 112 Å². The maximum Gasteiger partial charge on any atom is 1.00 e. The minimum Gasteiger partial charge on any atom is -0.691 e. The fourth-order valence-electron chi connectivity index (χ4n) is 11.6. The number of unbranched alkanes of at least 4 members (excludes halogenated alkanes) is 5. The van der Waals surface area contributed by atoms with Crippen LogP contribution in [0.1, 0.15) is 101 Å². The van der Waals surface area contributed by atoms with Gasteiger partial charge in [-0.1, -0.05) is 52.0 Å². The smallest absolute Gasteiger partial charge is 0.691 e. The predicted molar refractivity (Wildman–Crippen MR) is 326 cm³/mol. The van der Waals surface area contributed by atoms with Crippen LogP contribution in [0.2, 0.25) is 0 Å². The number of nitrogens with one attached hydrogen (secondary N) is 5. The summed E-state index contributed by atoms with van der Waals surface area (Å²) < 4.78 is 15.0. The third-order valence-corrected chi connectivity index (χ3v) is 17.2. The minimum atomic E-state index is -2.56. The molecule has 3 aromatic carbocycles. The van der Waals surface area contributed by atoms with Crippen LogP contribution in [0.4, 0.5) is 11.4 Å². The standard InChI is InChI=1S/C60H84N10O22S.Na/c1-4-5-6-7-8-9-24-89-38-17-15-36(16-18-38)68-22-20-67(21-23-68)35-13-10-33(11-14-35)53(80)62-39-27-43(75)56(83)66-58(85)49-50(77)31(2)29-70(49)60(87)47(42(74)28-45(61)76)64-57(84)48(52(79)51(78)34-12-19-41(73)44(25-34)90-93-92-91-88)65-55(82)40-26-37(72)30-69(40)59(86)46(32(3)71)63-54(39)81;/h10-19,25,31-32,37,39-40,42-43,46-52,56,71-75,77-79,83,88H,4-9,20-24,26-30H2,1-3H3,(H2,61,76)(H,62,80)(H,63,81)(H,64,84)(H,65,82)(H,66,85);/q;+1/p-1/t31?,32?,37?,39-,40?,42?,43?,46?,47?,48?,49?,50?,51?,52?,56?;/m0./s1. The number of aliphatic hydroxyl groups excluding tert-OH is 8. The van der Waals surface area contributed by atoms with Gasteiger partial charge in [0.15, 0.2) is 17.7 Å². The number of rotatable bonds is 23. The van der Waals surface area contributed by atoms with Crippen molar-refractivity contribution in [3.8, 4) is 17.2 Å². The van der Waals surface area contributed by atoms with E-state index in [1.807, 2.05) is 24.3 Å². The molecule has 0 saturated carbocycles. The van der Waals surface area contributed by atoms with Crippen LogP contribution in [0, 0.1) is 5.92 Å². The molecule has 0 bridgehead atoms. The van der Waals surface area contributed by atoms with Crippen LogP contribution >= 0.6 is 12.3 Å². The molecule has 0 spiro atoms. The van der Waals surface area contributed by atoms with E-state index in [2.05, 4.69) is 52.7 Å². The summed E-state index contributed by atoms with van der Waals surface area (Å²) in [5.74, 6) is -11.8. The van der Waals surface area contributed by atoms with Crippen LogP contribution in [0.15, 0.2) is 66.7 Å². The van der Waals surface area contributed by atoms with Crippen molar-refractivity contribution < 1.29 is 137 Å². The number of nitrogens with two attached hydrogens (primary N) is 1. The van der Waals surface area contributed by atoms with Gasteiger partial charge >= 0.3 is 29.6 Å². The number of aliphatic hydroxyl groups is 8. The van der Waals surface area contributed by atoms with Crippen molar-refractivity contribution >= 4 is 71.0 Å². The number of benzene rings is 3. The van der Waals surface area contributed by atoms with Crippen LogP contribution in [0.25, 0.3) is 0 Å². The number of amides is 8. The molecule has 15 atom stereocenters. The van der Waals surface area contributed by atoms with Gasteiger partial charge in [0.25, 0.3) is 18.2 Å². The number of phenols is 1. The number of phenolic OH excluding ortho intramolecular Hbond substituents is 1. The van der Waals surface area contributed by atoms with Crippen LogP contribution in [-0.2, 0) is 42.9 Å². The van der Waals surface area contributed by atoms with Crippen molar-refractivity contribution in [1.82, 2.24) is 36.4 Å². The van der Waals surface area contributed by atoms with Crippen molar-refractivity contribution in [3.63, 3.8) is 0 Å². The average molecular weight is 1350 g/mol. The molecule has 14 unspecified atom stereocenters. The summed E-state index contributed by atoms with van der Waals surface area (Å²) in [6.07, 6.45) is -12.6. The summed E-state index contributed by atoms with van der Waals surface area (Å²) in [5.41, 5.74) is 6.79. The first kappa shape index (κ1) is 76.3. The molecule has 16 N–H and O–H groups in total. The monoisotopic (exact) mass is 1350 g/mol. The molecule has 4 aliphatic rings. The van der Waals surface area contributed by atoms with Gasteiger partial charge in [0.2, 0.25) is 41.4 Å². The Morgan fingerprint density at radius 2 is 1.33 bits per heavy atom. The topological polar surface area (TPSA) is 478 Å². The van der Waals surface area contributed by atoms with Crippen LogP contribution in [0.5, 0.6) is 17.2 Å². The third-order valence-electron chi connectivity index (χ3n) is 16.8. The summed E-state index contributed by atoms with van der Waals surface area (Å²) in [5, 5.41) is 127. The van der Waals surface area contributed by atoms with E-state index < -0.39 is 182 Å². The summed E-state index contributed by atoms with van der Waals surface area (Å²) in [7, 11) is 0. The maximum absolute atomic E-state index is 14.7. The van der Waals surface area contributed by atoms with Gasteiger partial charge in [0, 0.05) is 75.0 Å². The van der Waals surface area contributed by atoms with Crippen LogP contribution < -0.4 is 85.9 Å². The van der Waals surface area contributed by atoms with Gasteiger partial charge in [-0.3, -0.25) is 43.4 Å². The number of primary amides is 1. The van der Waals surface area contributed by atoms with Gasteiger partial charge in [0.1, 0.15) is 60.3 Å². The van der Waals surface area contributed by atoms with E-state index in [9.17, 15) is 89.6 Å². The van der Waals surface area contributed by atoms with Crippen molar-refractivity contribution in [2.45, 2.75) is 164 Å². The third kappa shape index (κ3) is 20.0. The molecule has 0 aromatic heterocycles. The quantitative estimate of drug-likeness (QED) is 0.0138. The van der Waals surface area contributed by atoms with E-state index in [0.29, 0.717) is 42.6 Å². The fourth-order valence-corrected chi connectivity index (χ4v) is 11.8. The Morgan fingerprint density at radius 3 is 1.95 bits per heavy atom. The number of aromatic hydroxyl groups is 1. The summed E-state index contributed by atoms with van der Waals surface area (Å²) >= 11 is -0.0933. The van der Waals surface area contributed by atoms with Gasteiger partial charge in [0.05, 0.1) is 37.4 Å². The molecule has 94 heavy (non-hydrogen) atoms. The first-order chi connectivity index (χ1) is 44.3. The van der Waals surface area contributed by atoms with Crippen molar-refractivity contribution in [1.29, 1.82) is 0 Å². The maximum atomic E-state index is 14.7. The van der Waals surface area contributed by atoms with Crippen molar-refractivity contribution in [2.24, 2.45) is 11.7 Å². The molecule has 32 nitrogen and oxygen atoms in total. The molecular weight excluding hydrogens is 1270 g/mol. The van der Waals surface area contributed by atoms with Gasteiger partial charge in [-0.15, -0.1) is 4.33 Å². The van der Waals surface area contributed by atoms with E-state index in [4.69, 9.17) is 14.7 Å². The molecule has 0 radical (unpaired) electrons. The molecule has 512 valence electrons. The Balaban J connectivity index is 0.0000140. The molecule has 3 aromatic rings. The largest absolute Gasteiger partial charge is 1.00 e. The SMILES string of the molecule is CCCCCCCCOc1ccc(N2CCN(c3ccc(C(=O)N[C@H]4CC(O)C(O)NC(=O)C5C(O)C(C)CN5C(=O)C(C(O)CC(N)=O)NC(=O)C(C(O)C(O)c5ccc(O)c(OSOO[O-])c5)NC(=O)C5CC(O)CN5C(=O)C(C(C)O)NC4=O)cc3)CC2)cc1.[Na+]. The van der Waals surface area contributed by atoms with E-state index in [-0.39, 0.29) is 53.0 Å². The first-order valence-electron chi connectivity index (χ1n) is 30.6. The molecule has 4 fully saturated rings. The average Bonchev–Trinajstić information content (AvgIpc) is 1.59. The number of hydrogen-bond donors (Lipinski definition) is 15. The Hall–Kier alpha value is -6.67. The van der Waals surface area contributed by atoms with Crippen LogP contribution in [-0.4, -0.2) is 228 Å². The van der Waals surface area contributed by atoms with E-state index >= 15 is 0 Å². The van der Waals surface area contributed by atoms with Crippen molar-refractivity contribution in [3.05, 3.63) is 77.9 Å². The summed E-state index contributed by atoms with van der Waals surface area (Å²) in [4.78, 5) is 120. The van der Waals surface area contributed by atoms with Gasteiger partial charge in [-0.25, -0.2) is 0 Å². The number of nitrogens with zero attached hydrogens (tertiary/aromatic N) is 4. The molecule has 7 rings (SSSR count). The Kier molecular flexibility index (Phi) is 29.2. The molecular formula is C60H83N10NaO22S. The van der Waals surface area contributed by atoms with Gasteiger partial charge in [-0.05, 0) is 79.6 Å². The van der Waals surface area contributed by atoms with Crippen LogP contribution in [0.3, 0.4) is 0 Å². The minimum absolute atomic E-state index is 0. The van der Waals surface area contributed by atoms with Gasteiger partial charge in [-0.2, -0.15) is 0 Å². The Labute approximate surface area is 567 Å². The Bertz CT molecular complexity index is 3050. The molecule has 4 heterocycles.